The van der Waals surface area contributed by atoms with E-state index in [1.807, 2.05) is 0 Å². The molecule has 0 unspecified atom stereocenters. The topological polar surface area (TPSA) is 0 Å². The van der Waals surface area contributed by atoms with E-state index in [-0.39, 0.29) is 12.0 Å². The van der Waals surface area contributed by atoms with Gasteiger partial charge in [0.2, 0.25) is 0 Å². The zero-order valence-electron chi connectivity index (χ0n) is 8.91. The van der Waals surface area contributed by atoms with Crippen molar-refractivity contribution in [1.29, 1.82) is 0 Å². The SMILES string of the molecule is CCc1cc(C(F)(F)F)cc(C(F)(F)CF)c1. The molecule has 0 N–H and O–H groups in total. The summed E-state index contributed by atoms with van der Waals surface area (Å²) in [7, 11) is 0. The molecular formula is C11H10F6. The monoisotopic (exact) mass is 256 g/mol. The fourth-order valence-corrected chi connectivity index (χ4v) is 1.35. The van der Waals surface area contributed by atoms with Crippen LogP contribution in [-0.2, 0) is 18.5 Å². The van der Waals surface area contributed by atoms with Gasteiger partial charge in [0, 0.05) is 5.56 Å². The lowest BCUT2D eigenvalue weighted by atomic mass is 10.00. The summed E-state index contributed by atoms with van der Waals surface area (Å²) >= 11 is 0. The van der Waals surface area contributed by atoms with Crippen LogP contribution in [0.2, 0.25) is 0 Å². The van der Waals surface area contributed by atoms with Crippen molar-refractivity contribution in [2.24, 2.45) is 0 Å². The molecule has 0 saturated heterocycles. The Morgan fingerprint density at radius 1 is 0.941 bits per heavy atom. The third-order valence-electron chi connectivity index (χ3n) is 2.32. The van der Waals surface area contributed by atoms with Gasteiger partial charge in [-0.15, -0.1) is 0 Å². The first kappa shape index (κ1) is 13.9. The lowest BCUT2D eigenvalue weighted by Gasteiger charge is -2.16. The van der Waals surface area contributed by atoms with E-state index in [0.717, 1.165) is 12.1 Å². The number of hydrogen-bond acceptors (Lipinski definition) is 0. The highest BCUT2D eigenvalue weighted by Gasteiger charge is 2.36. The Hall–Kier alpha value is -1.20. The predicted octanol–water partition coefficient (Wildman–Crippen LogP) is 4.33. The van der Waals surface area contributed by atoms with Gasteiger partial charge in [-0.2, -0.15) is 22.0 Å². The van der Waals surface area contributed by atoms with Gasteiger partial charge in [0.1, 0.15) is 0 Å². The van der Waals surface area contributed by atoms with E-state index in [9.17, 15) is 26.3 Å². The standard InChI is InChI=1S/C11H10F6/c1-2-7-3-8(10(13,14)6-12)5-9(4-7)11(15,16)17/h3-5H,2,6H2,1H3. The molecule has 0 aliphatic carbocycles. The maximum absolute atomic E-state index is 13.0. The van der Waals surface area contributed by atoms with Crippen LogP contribution >= 0.6 is 0 Å². The zero-order chi connectivity index (χ0) is 13.3. The highest BCUT2D eigenvalue weighted by Crippen LogP contribution is 2.35. The average molecular weight is 256 g/mol. The van der Waals surface area contributed by atoms with E-state index >= 15 is 0 Å². The van der Waals surface area contributed by atoms with Crippen LogP contribution in [0, 0.1) is 0 Å². The molecule has 0 radical (unpaired) electrons. The molecule has 0 aliphatic rings. The molecule has 1 aromatic rings. The predicted molar refractivity (Wildman–Crippen MR) is 50.7 cm³/mol. The third-order valence-corrected chi connectivity index (χ3v) is 2.32. The van der Waals surface area contributed by atoms with Crippen LogP contribution in [0.5, 0.6) is 0 Å². The second-order valence-corrected chi connectivity index (χ2v) is 3.61. The van der Waals surface area contributed by atoms with Crippen LogP contribution in [-0.4, -0.2) is 6.67 Å². The number of benzene rings is 1. The smallest absolute Gasteiger partial charge is 0.244 e. The van der Waals surface area contributed by atoms with Crippen LogP contribution in [0.4, 0.5) is 26.3 Å². The van der Waals surface area contributed by atoms with Gasteiger partial charge in [-0.1, -0.05) is 6.92 Å². The lowest BCUT2D eigenvalue weighted by molar-refractivity contribution is -0.137. The average Bonchev–Trinajstić information content (AvgIpc) is 2.27. The Balaban J connectivity index is 3.34. The van der Waals surface area contributed by atoms with Crippen LogP contribution in [0.3, 0.4) is 0 Å². The quantitative estimate of drug-likeness (QED) is 0.706. The van der Waals surface area contributed by atoms with Crippen molar-refractivity contribution in [2.45, 2.75) is 25.4 Å². The summed E-state index contributed by atoms with van der Waals surface area (Å²) in [4.78, 5) is 0. The van der Waals surface area contributed by atoms with Crippen molar-refractivity contribution >= 4 is 0 Å². The molecule has 0 heterocycles. The fourth-order valence-electron chi connectivity index (χ4n) is 1.35. The van der Waals surface area contributed by atoms with Crippen molar-refractivity contribution in [2.75, 3.05) is 6.67 Å². The molecule has 0 aromatic heterocycles. The second-order valence-electron chi connectivity index (χ2n) is 3.61. The largest absolute Gasteiger partial charge is 0.416 e. The van der Waals surface area contributed by atoms with E-state index in [1.54, 1.807) is 0 Å². The molecule has 0 fully saturated rings. The highest BCUT2D eigenvalue weighted by molar-refractivity contribution is 5.34. The molecule has 1 rings (SSSR count). The van der Waals surface area contributed by atoms with Crippen molar-refractivity contribution in [3.05, 3.63) is 34.9 Å². The number of alkyl halides is 6. The Morgan fingerprint density at radius 3 is 1.88 bits per heavy atom. The first-order chi connectivity index (χ1) is 7.70. The maximum atomic E-state index is 13.0. The minimum Gasteiger partial charge on any atom is -0.244 e. The first-order valence-corrected chi connectivity index (χ1v) is 4.86. The van der Waals surface area contributed by atoms with Gasteiger partial charge in [-0.05, 0) is 30.2 Å². The lowest BCUT2D eigenvalue weighted by Crippen LogP contribution is -2.18. The summed E-state index contributed by atoms with van der Waals surface area (Å²) in [6.45, 7) is -0.482. The van der Waals surface area contributed by atoms with Crippen LogP contribution in [0.1, 0.15) is 23.6 Å². The number of aryl methyl sites for hydroxylation is 1. The summed E-state index contributed by atoms with van der Waals surface area (Å²) in [5.41, 5.74) is -2.02. The molecule has 17 heavy (non-hydrogen) atoms. The van der Waals surface area contributed by atoms with Gasteiger partial charge in [-0.3, -0.25) is 0 Å². The molecule has 6 heteroatoms. The van der Waals surface area contributed by atoms with Gasteiger partial charge in [-0.25, -0.2) is 4.39 Å². The summed E-state index contributed by atoms with van der Waals surface area (Å²) in [6, 6.07) is 1.98. The number of hydrogen-bond donors (Lipinski definition) is 0. The number of rotatable bonds is 3. The molecule has 0 spiro atoms. The molecule has 0 bridgehead atoms. The summed E-state index contributed by atoms with van der Waals surface area (Å²) in [5.74, 6) is -3.88. The Bertz CT molecular complexity index is 393. The van der Waals surface area contributed by atoms with Crippen molar-refractivity contribution in [1.82, 2.24) is 0 Å². The Labute approximate surface area is 94.2 Å². The van der Waals surface area contributed by atoms with Crippen LogP contribution < -0.4 is 0 Å². The molecule has 0 nitrogen and oxygen atoms in total. The van der Waals surface area contributed by atoms with Gasteiger partial charge in [0.05, 0.1) is 5.56 Å². The van der Waals surface area contributed by atoms with Gasteiger partial charge in [0.15, 0.2) is 6.67 Å². The molecular weight excluding hydrogens is 246 g/mol. The summed E-state index contributed by atoms with van der Waals surface area (Å²) in [5, 5.41) is 0. The molecule has 0 amide bonds. The van der Waals surface area contributed by atoms with Crippen molar-refractivity contribution in [3.63, 3.8) is 0 Å². The molecule has 0 atom stereocenters. The highest BCUT2D eigenvalue weighted by atomic mass is 19.4. The van der Waals surface area contributed by atoms with E-state index in [0.29, 0.717) is 6.07 Å². The molecule has 0 aliphatic heterocycles. The molecule has 96 valence electrons. The van der Waals surface area contributed by atoms with E-state index < -0.39 is 29.9 Å². The minimum absolute atomic E-state index is 0.1000. The fraction of sp³-hybridized carbons (Fsp3) is 0.455. The van der Waals surface area contributed by atoms with E-state index in [1.165, 1.54) is 6.92 Å². The summed E-state index contributed by atoms with van der Waals surface area (Å²) < 4.78 is 75.5. The third kappa shape index (κ3) is 3.14. The molecule has 1 aromatic carbocycles. The Morgan fingerprint density at radius 2 is 1.47 bits per heavy atom. The van der Waals surface area contributed by atoms with Gasteiger partial charge < -0.3 is 0 Å². The van der Waals surface area contributed by atoms with Crippen LogP contribution in [0.15, 0.2) is 18.2 Å². The minimum atomic E-state index is -4.72. The summed E-state index contributed by atoms with van der Waals surface area (Å²) in [6.07, 6.45) is -4.55. The number of halogens is 6. The van der Waals surface area contributed by atoms with Crippen molar-refractivity contribution < 1.29 is 26.3 Å². The normalized spacial score (nSPS) is 12.9. The molecule has 0 saturated carbocycles. The van der Waals surface area contributed by atoms with Crippen LogP contribution in [0.25, 0.3) is 0 Å². The Kier molecular flexibility index (Phi) is 3.74. The van der Waals surface area contributed by atoms with E-state index in [2.05, 4.69) is 0 Å². The zero-order valence-corrected chi connectivity index (χ0v) is 8.91. The van der Waals surface area contributed by atoms with Gasteiger partial charge >= 0.3 is 12.1 Å². The maximum Gasteiger partial charge on any atom is 0.416 e. The van der Waals surface area contributed by atoms with Crippen molar-refractivity contribution in [3.8, 4) is 0 Å². The first-order valence-electron chi connectivity index (χ1n) is 4.86. The second kappa shape index (κ2) is 4.58. The van der Waals surface area contributed by atoms with Gasteiger partial charge in [0.25, 0.3) is 0 Å². The van der Waals surface area contributed by atoms with E-state index in [4.69, 9.17) is 0 Å².